The van der Waals surface area contributed by atoms with Crippen LogP contribution in [0.1, 0.15) is 37.2 Å². The number of hydrogen-bond donors (Lipinski definition) is 2. The molecular weight excluding hydrogens is 278 g/mol. The maximum Gasteiger partial charge on any atom is 0.184 e. The summed E-state index contributed by atoms with van der Waals surface area (Å²) in [6.07, 6.45) is 3.04. The molecule has 3 saturated heterocycles. The number of piperidine rings is 3. The molecule has 1 aromatic carbocycles. The second-order valence-corrected chi connectivity index (χ2v) is 6.33. The van der Waals surface area contributed by atoms with E-state index in [0.29, 0.717) is 29.5 Å². The lowest BCUT2D eigenvalue weighted by molar-refractivity contribution is 0.0440. The van der Waals surface area contributed by atoms with Gasteiger partial charge in [-0.2, -0.15) is 5.10 Å². The molecule has 3 aliphatic rings. The van der Waals surface area contributed by atoms with E-state index in [9.17, 15) is 9.90 Å². The molecule has 0 spiro atoms. The highest BCUT2D eigenvalue weighted by Gasteiger charge is 2.35. The number of ketones is 1. The van der Waals surface area contributed by atoms with Gasteiger partial charge < -0.3 is 10.0 Å². The monoisotopic (exact) mass is 301 g/mol. The Morgan fingerprint density at radius 2 is 2.14 bits per heavy atom. The third kappa shape index (κ3) is 2.50. The number of aromatic amines is 1. The lowest BCUT2D eigenvalue weighted by Gasteiger charge is -2.44. The number of phenolic OH excluding ortho intramolecular Hbond substituents is 1. The number of H-pyrrole nitrogens is 1. The molecule has 3 aliphatic heterocycles. The van der Waals surface area contributed by atoms with E-state index in [-0.39, 0.29) is 19.0 Å². The average Bonchev–Trinajstić information content (AvgIpc) is 2.91. The molecule has 22 heavy (non-hydrogen) atoms. The highest BCUT2D eigenvalue weighted by atomic mass is 16.3. The predicted octanol–water partition coefficient (Wildman–Crippen LogP) is 2.82. The summed E-state index contributed by atoms with van der Waals surface area (Å²) >= 11 is 0. The maximum absolute atomic E-state index is 12.6. The van der Waals surface area contributed by atoms with Crippen molar-refractivity contribution in [1.82, 2.24) is 15.1 Å². The summed E-state index contributed by atoms with van der Waals surface area (Å²) in [6.45, 7) is 3.44. The van der Waals surface area contributed by atoms with Gasteiger partial charge in [-0.15, -0.1) is 0 Å². The molecule has 2 N–H and O–H groups in total. The second kappa shape index (κ2) is 5.72. The molecule has 0 amide bonds. The summed E-state index contributed by atoms with van der Waals surface area (Å²) < 4.78 is 0. The molecule has 2 aromatic rings. The second-order valence-electron chi connectivity index (χ2n) is 6.33. The largest absolute Gasteiger partial charge is 0.508 e. The van der Waals surface area contributed by atoms with Gasteiger partial charge in [0.05, 0.1) is 5.52 Å². The third-order valence-electron chi connectivity index (χ3n) is 5.05. The van der Waals surface area contributed by atoms with Crippen LogP contribution < -0.4 is 0 Å². The van der Waals surface area contributed by atoms with Gasteiger partial charge in [-0.05, 0) is 49.9 Å². The minimum atomic E-state index is 0. The predicted molar refractivity (Wildman–Crippen MR) is 86.1 cm³/mol. The molecular formula is C17H23N3O2. The summed E-state index contributed by atoms with van der Waals surface area (Å²) in [5, 5.41) is 17.3. The first-order valence-corrected chi connectivity index (χ1v) is 7.63. The van der Waals surface area contributed by atoms with Crippen LogP contribution in [0.3, 0.4) is 0 Å². The fraction of sp³-hybridized carbons (Fsp3) is 0.529. The Morgan fingerprint density at radius 1 is 1.36 bits per heavy atom. The molecule has 118 valence electrons. The topological polar surface area (TPSA) is 69.2 Å². The quantitative estimate of drug-likeness (QED) is 0.855. The molecule has 5 rings (SSSR count). The zero-order valence-electron chi connectivity index (χ0n) is 11.9. The van der Waals surface area contributed by atoms with Gasteiger partial charge in [0.1, 0.15) is 11.4 Å². The molecule has 0 saturated carbocycles. The lowest BCUT2D eigenvalue weighted by Crippen LogP contribution is -2.47. The van der Waals surface area contributed by atoms with E-state index in [1.165, 1.54) is 25.9 Å². The van der Waals surface area contributed by atoms with E-state index in [0.717, 1.165) is 11.9 Å². The summed E-state index contributed by atoms with van der Waals surface area (Å²) in [5.74, 6) is 1.48. The van der Waals surface area contributed by atoms with Crippen LogP contribution in [0.2, 0.25) is 0 Å². The standard InChI is InChI=1S/C16H19N3O2.CH4/c20-12-1-2-13-14(8-12)17-18-16(13)15(21)7-11-9-19-5-3-10(11)4-6-19;/h1-2,8,10-11,20H,3-7,9H2,(H,17,18);1H4/t11-;/m1./s1. The van der Waals surface area contributed by atoms with Crippen molar-refractivity contribution in [2.24, 2.45) is 11.8 Å². The van der Waals surface area contributed by atoms with Gasteiger partial charge in [0.25, 0.3) is 0 Å². The summed E-state index contributed by atoms with van der Waals surface area (Å²) in [6, 6.07) is 4.97. The average molecular weight is 301 g/mol. The smallest absolute Gasteiger partial charge is 0.184 e. The van der Waals surface area contributed by atoms with Crippen LogP contribution in [0.5, 0.6) is 5.75 Å². The molecule has 5 nitrogen and oxygen atoms in total. The molecule has 1 aromatic heterocycles. The van der Waals surface area contributed by atoms with E-state index in [2.05, 4.69) is 15.1 Å². The first kappa shape index (κ1) is 15.0. The Kier molecular flexibility index (Phi) is 3.91. The number of aromatic hydroxyl groups is 1. The van der Waals surface area contributed by atoms with Crippen molar-refractivity contribution in [3.05, 3.63) is 23.9 Å². The van der Waals surface area contributed by atoms with Crippen molar-refractivity contribution in [2.45, 2.75) is 26.7 Å². The third-order valence-corrected chi connectivity index (χ3v) is 5.05. The number of carbonyl (C=O) groups is 1. The molecule has 0 radical (unpaired) electrons. The van der Waals surface area contributed by atoms with Gasteiger partial charge >= 0.3 is 0 Å². The Bertz CT molecular complexity index is 686. The highest BCUT2D eigenvalue weighted by Crippen LogP contribution is 2.35. The van der Waals surface area contributed by atoms with Crippen molar-refractivity contribution < 1.29 is 9.90 Å². The molecule has 5 heteroatoms. The van der Waals surface area contributed by atoms with Crippen LogP contribution in [-0.2, 0) is 0 Å². The minimum absolute atomic E-state index is 0. The van der Waals surface area contributed by atoms with Crippen molar-refractivity contribution in [3.8, 4) is 5.75 Å². The normalized spacial score (nSPS) is 26.8. The molecule has 0 aliphatic carbocycles. The fourth-order valence-electron chi connectivity index (χ4n) is 3.87. The highest BCUT2D eigenvalue weighted by molar-refractivity contribution is 6.06. The van der Waals surface area contributed by atoms with Crippen LogP contribution in [0.25, 0.3) is 10.9 Å². The van der Waals surface area contributed by atoms with E-state index in [4.69, 9.17) is 0 Å². The van der Waals surface area contributed by atoms with E-state index in [1.54, 1.807) is 18.2 Å². The number of fused-ring (bicyclic) bond motifs is 4. The lowest BCUT2D eigenvalue weighted by atomic mass is 9.76. The number of aromatic nitrogens is 2. The van der Waals surface area contributed by atoms with Crippen LogP contribution in [0, 0.1) is 11.8 Å². The van der Waals surface area contributed by atoms with E-state index in [1.807, 2.05) is 0 Å². The summed E-state index contributed by atoms with van der Waals surface area (Å²) in [5.41, 5.74) is 1.23. The van der Waals surface area contributed by atoms with Crippen LogP contribution in [-0.4, -0.2) is 45.6 Å². The number of benzene rings is 1. The molecule has 1 atom stereocenters. The van der Waals surface area contributed by atoms with Gasteiger partial charge in [0, 0.05) is 24.4 Å². The molecule has 2 bridgehead atoms. The van der Waals surface area contributed by atoms with Crippen LogP contribution >= 0.6 is 0 Å². The zero-order chi connectivity index (χ0) is 14.4. The first-order valence-electron chi connectivity index (χ1n) is 7.63. The number of nitrogens with zero attached hydrogens (tertiary/aromatic N) is 2. The van der Waals surface area contributed by atoms with Gasteiger partial charge in [0.15, 0.2) is 5.78 Å². The van der Waals surface area contributed by atoms with Crippen molar-refractivity contribution in [2.75, 3.05) is 19.6 Å². The van der Waals surface area contributed by atoms with Crippen molar-refractivity contribution in [3.63, 3.8) is 0 Å². The number of hydrogen-bond acceptors (Lipinski definition) is 4. The fourth-order valence-corrected chi connectivity index (χ4v) is 3.87. The van der Waals surface area contributed by atoms with E-state index < -0.39 is 0 Å². The molecule has 3 fully saturated rings. The number of carbonyl (C=O) groups excluding carboxylic acids is 1. The number of Topliss-reactive ketones (excluding diaryl/α,β-unsaturated/α-hetero) is 1. The van der Waals surface area contributed by atoms with Gasteiger partial charge in [0.2, 0.25) is 0 Å². The SMILES string of the molecule is C.O=C(C[C@@H]1CN2CCC1CC2)c1n[nH]c2cc(O)ccc12. The Labute approximate surface area is 130 Å². The van der Waals surface area contributed by atoms with Gasteiger partial charge in [-0.1, -0.05) is 7.43 Å². The summed E-state index contributed by atoms with van der Waals surface area (Å²) in [7, 11) is 0. The maximum atomic E-state index is 12.6. The first-order chi connectivity index (χ1) is 10.2. The van der Waals surface area contributed by atoms with E-state index >= 15 is 0 Å². The number of rotatable bonds is 3. The number of phenols is 1. The Morgan fingerprint density at radius 3 is 2.82 bits per heavy atom. The van der Waals surface area contributed by atoms with Crippen molar-refractivity contribution >= 4 is 16.7 Å². The molecule has 4 heterocycles. The molecule has 0 unspecified atom stereocenters. The minimum Gasteiger partial charge on any atom is -0.508 e. The van der Waals surface area contributed by atoms with Gasteiger partial charge in [-0.3, -0.25) is 9.89 Å². The Hall–Kier alpha value is -1.88. The Balaban J connectivity index is 0.00000144. The van der Waals surface area contributed by atoms with Crippen LogP contribution in [0.15, 0.2) is 18.2 Å². The van der Waals surface area contributed by atoms with Crippen molar-refractivity contribution in [1.29, 1.82) is 0 Å². The summed E-state index contributed by atoms with van der Waals surface area (Å²) in [4.78, 5) is 15.1. The van der Waals surface area contributed by atoms with Gasteiger partial charge in [-0.25, -0.2) is 0 Å². The zero-order valence-corrected chi connectivity index (χ0v) is 11.9. The van der Waals surface area contributed by atoms with Crippen LogP contribution in [0.4, 0.5) is 0 Å². The number of nitrogens with one attached hydrogen (secondary N) is 1.